The van der Waals surface area contributed by atoms with Crippen molar-refractivity contribution in [1.29, 1.82) is 0 Å². The van der Waals surface area contributed by atoms with Crippen LogP contribution in [0.3, 0.4) is 0 Å². The maximum absolute atomic E-state index is 11.9. The summed E-state index contributed by atoms with van der Waals surface area (Å²) in [6.07, 6.45) is 0.976. The number of nitrogens with two attached hydrogens (primary N) is 1. The molecule has 0 spiro atoms. The van der Waals surface area contributed by atoms with Crippen LogP contribution in [0.25, 0.3) is 0 Å². The molecule has 1 saturated heterocycles. The highest BCUT2D eigenvalue weighted by atomic mass is 32.1. The normalized spacial score (nSPS) is 17.5. The van der Waals surface area contributed by atoms with E-state index < -0.39 is 5.97 Å². The molecule has 1 aromatic heterocycles. The Labute approximate surface area is 126 Å². The van der Waals surface area contributed by atoms with E-state index in [1.54, 1.807) is 0 Å². The molecule has 0 aliphatic carbocycles. The first-order chi connectivity index (χ1) is 10.1. The van der Waals surface area contributed by atoms with Crippen LogP contribution in [0.15, 0.2) is 0 Å². The number of carbonyl (C=O) groups excluding carboxylic acids is 2. The maximum Gasteiger partial charge on any atom is 0.343 e. The molecule has 1 aromatic rings. The number of anilines is 2. The summed E-state index contributed by atoms with van der Waals surface area (Å²) in [6, 6.07) is 0. The number of nitrogen functional groups attached to an aromatic ring is 1. The van der Waals surface area contributed by atoms with Crippen LogP contribution in [0.4, 0.5) is 10.7 Å². The Morgan fingerprint density at radius 3 is 2.86 bits per heavy atom. The molecule has 1 atom stereocenters. The Balaban J connectivity index is 2.24. The van der Waals surface area contributed by atoms with Gasteiger partial charge in [-0.25, -0.2) is 4.79 Å². The second kappa shape index (κ2) is 6.77. The van der Waals surface area contributed by atoms with Crippen molar-refractivity contribution in [2.24, 2.45) is 5.92 Å². The van der Waals surface area contributed by atoms with Gasteiger partial charge in [0.05, 0.1) is 19.4 Å². The molecule has 116 valence electrons. The zero-order valence-electron chi connectivity index (χ0n) is 12.0. The standard InChI is InChI=1S/C13H19N3O4S/c1-15-11(17)10-9(14)8(13(18)19-2)12(21-10)16-5-7-3-4-20-6-7/h7,16H,3-6,14H2,1-2H3,(H,15,17). The van der Waals surface area contributed by atoms with Gasteiger partial charge in [-0.15, -0.1) is 11.3 Å². The van der Waals surface area contributed by atoms with E-state index in [9.17, 15) is 9.59 Å². The largest absolute Gasteiger partial charge is 0.465 e. The molecule has 1 aliphatic rings. The van der Waals surface area contributed by atoms with Gasteiger partial charge in [0.25, 0.3) is 5.91 Å². The number of thiophene rings is 1. The van der Waals surface area contributed by atoms with Crippen molar-refractivity contribution in [2.75, 3.05) is 45.0 Å². The van der Waals surface area contributed by atoms with E-state index in [1.807, 2.05) is 0 Å². The summed E-state index contributed by atoms with van der Waals surface area (Å²) in [6.45, 7) is 2.12. The Kier molecular flexibility index (Phi) is 5.03. The predicted molar refractivity (Wildman–Crippen MR) is 80.9 cm³/mol. The predicted octanol–water partition coefficient (Wildman–Crippen LogP) is 0.925. The lowest BCUT2D eigenvalue weighted by atomic mass is 10.1. The Morgan fingerprint density at radius 1 is 1.52 bits per heavy atom. The van der Waals surface area contributed by atoms with Crippen LogP contribution in [-0.4, -0.2) is 45.8 Å². The SMILES string of the molecule is CNC(=O)c1sc(NCC2CCOC2)c(C(=O)OC)c1N. The zero-order valence-corrected chi connectivity index (χ0v) is 12.8. The van der Waals surface area contributed by atoms with Crippen molar-refractivity contribution in [1.82, 2.24) is 5.32 Å². The molecular weight excluding hydrogens is 294 g/mol. The van der Waals surface area contributed by atoms with Gasteiger partial charge in [-0.1, -0.05) is 0 Å². The summed E-state index contributed by atoms with van der Waals surface area (Å²) < 4.78 is 10.1. The minimum Gasteiger partial charge on any atom is -0.465 e. The highest BCUT2D eigenvalue weighted by molar-refractivity contribution is 7.19. The molecule has 1 unspecified atom stereocenters. The summed E-state index contributed by atoms with van der Waals surface area (Å²) in [5.74, 6) is -0.480. The van der Waals surface area contributed by atoms with Crippen LogP contribution in [0.2, 0.25) is 0 Å². The molecule has 0 aromatic carbocycles. The van der Waals surface area contributed by atoms with E-state index in [-0.39, 0.29) is 17.2 Å². The second-order valence-corrected chi connectivity index (χ2v) is 5.75. The van der Waals surface area contributed by atoms with Crippen molar-refractivity contribution < 1.29 is 19.1 Å². The molecule has 0 saturated carbocycles. The number of carbonyl (C=O) groups is 2. The minimum absolute atomic E-state index is 0.149. The van der Waals surface area contributed by atoms with Crippen molar-refractivity contribution in [3.8, 4) is 0 Å². The van der Waals surface area contributed by atoms with Gasteiger partial charge >= 0.3 is 5.97 Å². The lowest BCUT2D eigenvalue weighted by molar-refractivity contribution is 0.0603. The van der Waals surface area contributed by atoms with Crippen molar-refractivity contribution in [2.45, 2.75) is 6.42 Å². The van der Waals surface area contributed by atoms with Gasteiger partial charge in [0, 0.05) is 26.1 Å². The molecule has 0 radical (unpaired) electrons. The molecule has 1 aliphatic heterocycles. The molecule has 2 rings (SSSR count). The number of methoxy groups -OCH3 is 1. The van der Waals surface area contributed by atoms with E-state index in [2.05, 4.69) is 10.6 Å². The summed E-state index contributed by atoms with van der Waals surface area (Å²) >= 11 is 1.16. The van der Waals surface area contributed by atoms with E-state index in [4.69, 9.17) is 15.2 Å². The first-order valence-corrected chi connectivity index (χ1v) is 7.44. The number of hydrogen-bond acceptors (Lipinski definition) is 7. The quantitative estimate of drug-likeness (QED) is 0.699. The van der Waals surface area contributed by atoms with Gasteiger partial charge in [0.15, 0.2) is 0 Å². The smallest absolute Gasteiger partial charge is 0.343 e. The fraction of sp³-hybridized carbons (Fsp3) is 0.538. The van der Waals surface area contributed by atoms with E-state index >= 15 is 0 Å². The lowest BCUT2D eigenvalue weighted by Gasteiger charge is -2.10. The average molecular weight is 313 g/mol. The minimum atomic E-state index is -0.552. The van der Waals surface area contributed by atoms with Gasteiger partial charge in [-0.05, 0) is 6.42 Å². The molecule has 21 heavy (non-hydrogen) atoms. The van der Waals surface area contributed by atoms with E-state index in [0.717, 1.165) is 24.4 Å². The number of ether oxygens (including phenoxy) is 2. The van der Waals surface area contributed by atoms with Gasteiger partial charge in [0.1, 0.15) is 15.4 Å². The van der Waals surface area contributed by atoms with Crippen LogP contribution in [-0.2, 0) is 9.47 Å². The van der Waals surface area contributed by atoms with E-state index in [0.29, 0.717) is 28.9 Å². The first kappa shape index (κ1) is 15.6. The molecule has 2 heterocycles. The second-order valence-electron chi connectivity index (χ2n) is 4.73. The summed E-state index contributed by atoms with van der Waals surface area (Å²) in [5.41, 5.74) is 6.30. The van der Waals surface area contributed by atoms with Crippen LogP contribution in [0.5, 0.6) is 0 Å². The number of rotatable bonds is 5. The monoisotopic (exact) mass is 313 g/mol. The molecule has 8 heteroatoms. The fourth-order valence-corrected chi connectivity index (χ4v) is 3.20. The molecule has 1 fully saturated rings. The van der Waals surface area contributed by atoms with Gasteiger partial charge in [0.2, 0.25) is 0 Å². The molecule has 7 nitrogen and oxygen atoms in total. The van der Waals surface area contributed by atoms with Crippen LogP contribution in [0, 0.1) is 5.92 Å². The van der Waals surface area contributed by atoms with Crippen LogP contribution in [0.1, 0.15) is 26.5 Å². The third-order valence-electron chi connectivity index (χ3n) is 3.34. The number of amides is 1. The summed E-state index contributed by atoms with van der Waals surface area (Å²) in [5, 5.41) is 6.26. The molecule has 1 amide bonds. The lowest BCUT2D eigenvalue weighted by Crippen LogP contribution is -2.18. The number of esters is 1. The zero-order chi connectivity index (χ0) is 15.4. The highest BCUT2D eigenvalue weighted by Crippen LogP contribution is 2.36. The highest BCUT2D eigenvalue weighted by Gasteiger charge is 2.26. The van der Waals surface area contributed by atoms with Gasteiger partial charge in [-0.2, -0.15) is 0 Å². The topological polar surface area (TPSA) is 103 Å². The van der Waals surface area contributed by atoms with Crippen molar-refractivity contribution >= 4 is 33.9 Å². The third kappa shape index (κ3) is 3.27. The number of hydrogen-bond donors (Lipinski definition) is 3. The Bertz CT molecular complexity index is 538. The average Bonchev–Trinajstić information content (AvgIpc) is 3.11. The number of nitrogens with one attached hydrogen (secondary N) is 2. The van der Waals surface area contributed by atoms with E-state index in [1.165, 1.54) is 14.2 Å². The first-order valence-electron chi connectivity index (χ1n) is 6.62. The fourth-order valence-electron chi connectivity index (χ4n) is 2.14. The van der Waals surface area contributed by atoms with Crippen molar-refractivity contribution in [3.05, 3.63) is 10.4 Å². The van der Waals surface area contributed by atoms with Crippen LogP contribution < -0.4 is 16.4 Å². The third-order valence-corrected chi connectivity index (χ3v) is 4.51. The van der Waals surface area contributed by atoms with Gasteiger partial charge in [-0.3, -0.25) is 4.79 Å². The summed E-state index contributed by atoms with van der Waals surface area (Å²) in [7, 11) is 2.80. The molecule has 0 bridgehead atoms. The Morgan fingerprint density at radius 2 is 2.29 bits per heavy atom. The van der Waals surface area contributed by atoms with Crippen molar-refractivity contribution in [3.63, 3.8) is 0 Å². The molecule has 4 N–H and O–H groups in total. The molecular formula is C13H19N3O4S. The van der Waals surface area contributed by atoms with Crippen LogP contribution >= 0.6 is 11.3 Å². The maximum atomic E-state index is 11.9. The summed E-state index contributed by atoms with van der Waals surface area (Å²) in [4.78, 5) is 24.0. The Hall–Kier alpha value is -1.80. The van der Waals surface area contributed by atoms with Gasteiger partial charge < -0.3 is 25.8 Å².